The van der Waals surface area contributed by atoms with Gasteiger partial charge in [0.15, 0.2) is 0 Å². The van der Waals surface area contributed by atoms with Gasteiger partial charge in [0.25, 0.3) is 11.5 Å². The fourth-order valence-electron chi connectivity index (χ4n) is 3.17. The number of anilines is 1. The number of rotatable bonds is 4. The summed E-state index contributed by atoms with van der Waals surface area (Å²) in [4.78, 5) is 52.3. The molecule has 1 aromatic carbocycles. The lowest BCUT2D eigenvalue weighted by atomic mass is 9.87. The van der Waals surface area contributed by atoms with Gasteiger partial charge in [0, 0.05) is 5.56 Å². The molecule has 0 saturated carbocycles. The summed E-state index contributed by atoms with van der Waals surface area (Å²) in [6.45, 7) is 12.4. The van der Waals surface area contributed by atoms with Crippen molar-refractivity contribution in [1.82, 2.24) is 0 Å². The number of hydrogen-bond acceptors (Lipinski definition) is 9. The molecule has 1 aliphatic heterocycles. The van der Waals surface area contributed by atoms with Gasteiger partial charge in [0.1, 0.15) is 17.0 Å². The average molecular weight is 517 g/mol. The van der Waals surface area contributed by atoms with Crippen LogP contribution in [0.25, 0.3) is 0 Å². The number of carbonyl (C=O) groups excluding carboxylic acids is 4. The number of halogens is 3. The molecule has 1 aromatic rings. The first-order valence-electron chi connectivity index (χ1n) is 10.4. The third-order valence-corrected chi connectivity index (χ3v) is 4.38. The topological polar surface area (TPSA) is 118 Å². The Bertz CT molecular complexity index is 1100. The van der Waals surface area contributed by atoms with Gasteiger partial charge >= 0.3 is 24.6 Å². The van der Waals surface area contributed by atoms with Gasteiger partial charge in [-0.2, -0.15) is 0 Å². The number of carbonyl (C=O) groups is 4. The second kappa shape index (κ2) is 9.36. The molecule has 1 unspecified atom stereocenters. The Kier molecular flexibility index (Phi) is 7.40. The summed E-state index contributed by atoms with van der Waals surface area (Å²) in [6.07, 6.45) is -7.87. The van der Waals surface area contributed by atoms with Crippen LogP contribution in [0.5, 0.6) is 5.75 Å². The van der Waals surface area contributed by atoms with Gasteiger partial charge in [-0.3, -0.25) is 4.79 Å². The van der Waals surface area contributed by atoms with Crippen molar-refractivity contribution in [3.8, 4) is 5.75 Å². The molecule has 0 bridgehead atoms. The van der Waals surface area contributed by atoms with Gasteiger partial charge in [0.2, 0.25) is 0 Å². The quantitative estimate of drug-likeness (QED) is 0.317. The monoisotopic (exact) mass is 517 g/mol. The molecule has 198 valence electrons. The average Bonchev–Trinajstić information content (AvgIpc) is 2.91. The Labute approximate surface area is 204 Å². The number of hydrogen-bond donors (Lipinski definition) is 0. The molecule has 13 heteroatoms. The van der Waals surface area contributed by atoms with Crippen molar-refractivity contribution >= 4 is 29.8 Å². The van der Waals surface area contributed by atoms with Crippen LogP contribution in [0.15, 0.2) is 30.4 Å². The molecule has 1 heterocycles. The largest absolute Gasteiger partial charge is 0.573 e. The second-order valence-electron chi connectivity index (χ2n) is 9.57. The van der Waals surface area contributed by atoms with Crippen LogP contribution >= 0.6 is 0 Å². The molecule has 0 saturated heterocycles. The fraction of sp³-hybridized carbons (Fsp3) is 0.478. The number of benzene rings is 1. The van der Waals surface area contributed by atoms with E-state index in [1.165, 1.54) is 41.5 Å². The number of nitrogens with zero attached hydrogens (tertiary/aromatic N) is 1. The SMILES string of the molecule is C=C(C(=O)OC)C1(OC(=O)OC(C)(C)C)C(=O)N(C(=O)OC(C)(C)C)c2ccc(OC(F)(F)F)cc21. The molecule has 0 radical (unpaired) electrons. The van der Waals surface area contributed by atoms with E-state index >= 15 is 0 Å². The highest BCUT2D eigenvalue weighted by Crippen LogP contribution is 2.49. The summed E-state index contributed by atoms with van der Waals surface area (Å²) in [6, 6.07) is 2.44. The van der Waals surface area contributed by atoms with Gasteiger partial charge in [0.05, 0.1) is 18.4 Å². The van der Waals surface area contributed by atoms with Gasteiger partial charge in [-0.25, -0.2) is 19.3 Å². The number of esters is 1. The van der Waals surface area contributed by atoms with E-state index in [1.54, 1.807) is 0 Å². The molecular formula is C23H26F3NO9. The van der Waals surface area contributed by atoms with Crippen LogP contribution in [0.3, 0.4) is 0 Å². The summed E-state index contributed by atoms with van der Waals surface area (Å²) in [5, 5.41) is 0. The number of ether oxygens (including phenoxy) is 5. The number of amides is 2. The fourth-order valence-corrected chi connectivity index (χ4v) is 3.17. The van der Waals surface area contributed by atoms with Crippen molar-refractivity contribution in [1.29, 1.82) is 0 Å². The molecular weight excluding hydrogens is 491 g/mol. The first-order chi connectivity index (χ1) is 16.2. The molecule has 2 amide bonds. The Morgan fingerprint density at radius 1 is 0.972 bits per heavy atom. The molecule has 0 N–H and O–H groups in total. The minimum atomic E-state index is -5.13. The third kappa shape index (κ3) is 6.07. The smallest absolute Gasteiger partial charge is 0.466 e. The maximum absolute atomic E-state index is 13.7. The third-order valence-electron chi connectivity index (χ3n) is 4.38. The predicted octanol–water partition coefficient (Wildman–Crippen LogP) is 4.74. The standard InChI is InChI=1S/C23H26F3NO9/c1-12(16(28)32-8)22(36-19(31)35-21(5,6)7)14-11-13(33-23(24,25)26)9-10-15(14)27(17(22)29)18(30)34-20(2,3)4/h9-11H,1H2,2-8H3. The van der Waals surface area contributed by atoms with Crippen LogP contribution in [0.4, 0.5) is 28.4 Å². The number of alkyl halides is 3. The molecule has 2 rings (SSSR count). The van der Waals surface area contributed by atoms with Crippen molar-refractivity contribution in [2.24, 2.45) is 0 Å². The molecule has 0 aromatic heterocycles. The second-order valence-corrected chi connectivity index (χ2v) is 9.57. The Balaban J connectivity index is 2.83. The van der Waals surface area contributed by atoms with E-state index in [-0.39, 0.29) is 5.69 Å². The zero-order valence-electron chi connectivity index (χ0n) is 20.7. The Morgan fingerprint density at radius 2 is 1.53 bits per heavy atom. The lowest BCUT2D eigenvalue weighted by molar-refractivity contribution is -0.274. The normalized spacial score (nSPS) is 17.7. The zero-order chi connectivity index (χ0) is 27.9. The highest BCUT2D eigenvalue weighted by molar-refractivity contribution is 6.24. The van der Waals surface area contributed by atoms with Crippen molar-refractivity contribution in [2.45, 2.75) is 64.7 Å². The van der Waals surface area contributed by atoms with Crippen molar-refractivity contribution < 1.29 is 56.0 Å². The maximum Gasteiger partial charge on any atom is 0.573 e. The van der Waals surface area contributed by atoms with Crippen LogP contribution in [0.1, 0.15) is 47.1 Å². The molecule has 0 aliphatic carbocycles. The van der Waals surface area contributed by atoms with Crippen LogP contribution in [0, 0.1) is 0 Å². The minimum absolute atomic E-state index is 0.350. The number of fused-ring (bicyclic) bond motifs is 1. The van der Waals surface area contributed by atoms with E-state index in [0.717, 1.165) is 19.2 Å². The van der Waals surface area contributed by atoms with Gasteiger partial charge in [-0.1, -0.05) is 6.58 Å². The van der Waals surface area contributed by atoms with Crippen LogP contribution in [-0.4, -0.2) is 48.8 Å². The molecule has 0 fully saturated rings. The van der Waals surface area contributed by atoms with E-state index in [4.69, 9.17) is 14.2 Å². The lowest BCUT2D eigenvalue weighted by Crippen LogP contribution is -2.50. The Morgan fingerprint density at radius 3 is 2.00 bits per heavy atom. The van der Waals surface area contributed by atoms with Crippen LogP contribution < -0.4 is 9.64 Å². The maximum atomic E-state index is 13.7. The number of imide groups is 1. The van der Waals surface area contributed by atoms with E-state index in [0.29, 0.717) is 11.0 Å². The van der Waals surface area contributed by atoms with E-state index in [2.05, 4.69) is 16.1 Å². The molecule has 1 atom stereocenters. The van der Waals surface area contributed by atoms with Crippen molar-refractivity contribution in [3.05, 3.63) is 35.9 Å². The van der Waals surface area contributed by atoms with E-state index in [9.17, 15) is 32.3 Å². The van der Waals surface area contributed by atoms with Gasteiger partial charge < -0.3 is 23.7 Å². The van der Waals surface area contributed by atoms with Crippen LogP contribution in [0.2, 0.25) is 0 Å². The van der Waals surface area contributed by atoms with Crippen molar-refractivity contribution in [2.75, 3.05) is 12.0 Å². The minimum Gasteiger partial charge on any atom is -0.466 e. The summed E-state index contributed by atoms with van der Waals surface area (Å²) < 4.78 is 62.9. The first kappa shape index (κ1) is 28.5. The highest BCUT2D eigenvalue weighted by atomic mass is 19.4. The zero-order valence-corrected chi connectivity index (χ0v) is 20.7. The van der Waals surface area contributed by atoms with Crippen LogP contribution in [-0.2, 0) is 34.1 Å². The lowest BCUT2D eigenvalue weighted by Gasteiger charge is -2.30. The Hall–Kier alpha value is -3.77. The summed E-state index contributed by atoms with van der Waals surface area (Å²) in [5.41, 5.74) is -6.81. The number of methoxy groups -OCH3 is 1. The van der Waals surface area contributed by atoms with Gasteiger partial charge in [-0.05, 0) is 59.7 Å². The molecule has 36 heavy (non-hydrogen) atoms. The molecule has 0 spiro atoms. The summed E-state index contributed by atoms with van der Waals surface area (Å²) in [5.74, 6) is -3.47. The summed E-state index contributed by atoms with van der Waals surface area (Å²) in [7, 11) is 0.934. The van der Waals surface area contributed by atoms with Gasteiger partial charge in [-0.15, -0.1) is 13.2 Å². The van der Waals surface area contributed by atoms with Crippen molar-refractivity contribution in [3.63, 3.8) is 0 Å². The molecule has 1 aliphatic rings. The first-order valence-corrected chi connectivity index (χ1v) is 10.4. The predicted molar refractivity (Wildman–Crippen MR) is 117 cm³/mol. The van der Waals surface area contributed by atoms with E-state index < -0.39 is 64.2 Å². The highest BCUT2D eigenvalue weighted by Gasteiger charge is 2.61. The molecule has 10 nitrogen and oxygen atoms in total. The summed E-state index contributed by atoms with van der Waals surface area (Å²) >= 11 is 0. The van der Waals surface area contributed by atoms with E-state index in [1.807, 2.05) is 0 Å².